The summed E-state index contributed by atoms with van der Waals surface area (Å²) in [6.07, 6.45) is 0. The van der Waals surface area contributed by atoms with E-state index in [0.717, 1.165) is 0 Å². The predicted molar refractivity (Wildman–Crippen MR) is 75.8 cm³/mol. The minimum atomic E-state index is -0.432. The number of benzene rings is 1. The van der Waals surface area contributed by atoms with Crippen molar-refractivity contribution in [3.8, 4) is 0 Å². The molecule has 1 unspecified atom stereocenters. The van der Waals surface area contributed by atoms with Crippen LogP contribution in [-0.4, -0.2) is 23.4 Å². The molecule has 2 N–H and O–H groups in total. The lowest BCUT2D eigenvalue weighted by Gasteiger charge is -2.13. The van der Waals surface area contributed by atoms with Crippen LogP contribution in [-0.2, 0) is 11.3 Å². The van der Waals surface area contributed by atoms with Crippen LogP contribution in [0.2, 0.25) is 0 Å². The molecule has 19 heavy (non-hydrogen) atoms. The highest BCUT2D eigenvalue weighted by molar-refractivity contribution is 9.10. The number of nitrogens with zero attached hydrogens (tertiary/aromatic N) is 1. The number of amides is 1. The number of rotatable bonds is 6. The zero-order valence-electron chi connectivity index (χ0n) is 10.8. The normalized spacial score (nSPS) is 11.9. The second-order valence-electron chi connectivity index (χ2n) is 4.03. The predicted octanol–water partition coefficient (Wildman–Crippen LogP) is 1.97. The van der Waals surface area contributed by atoms with Crippen molar-refractivity contribution in [2.75, 3.05) is 6.54 Å². The van der Waals surface area contributed by atoms with E-state index in [1.54, 1.807) is 19.1 Å². The molecule has 1 rings (SSSR count). The van der Waals surface area contributed by atoms with Gasteiger partial charge in [-0.1, -0.05) is 15.9 Å². The number of nitro benzene ring substituents is 1. The molecule has 0 spiro atoms. The summed E-state index contributed by atoms with van der Waals surface area (Å²) in [5.41, 5.74) is 0.578. The third kappa shape index (κ3) is 4.60. The summed E-state index contributed by atoms with van der Waals surface area (Å²) in [6.45, 7) is 4.38. The summed E-state index contributed by atoms with van der Waals surface area (Å²) in [6, 6.07) is 4.46. The van der Waals surface area contributed by atoms with Crippen molar-refractivity contribution in [2.45, 2.75) is 26.4 Å². The monoisotopic (exact) mass is 329 g/mol. The van der Waals surface area contributed by atoms with E-state index in [1.165, 1.54) is 6.07 Å². The molecule has 1 aromatic carbocycles. The van der Waals surface area contributed by atoms with E-state index in [1.807, 2.05) is 6.92 Å². The lowest BCUT2D eigenvalue weighted by atomic mass is 10.1. The molecule has 1 amide bonds. The Morgan fingerprint density at radius 3 is 2.79 bits per heavy atom. The third-order valence-electron chi connectivity index (χ3n) is 2.59. The van der Waals surface area contributed by atoms with Crippen molar-refractivity contribution in [2.24, 2.45) is 0 Å². The summed E-state index contributed by atoms with van der Waals surface area (Å²) in [5, 5.41) is 16.6. The maximum atomic E-state index is 11.5. The van der Waals surface area contributed by atoms with Gasteiger partial charge in [0.05, 0.1) is 11.0 Å². The fourth-order valence-electron chi connectivity index (χ4n) is 1.54. The van der Waals surface area contributed by atoms with Crippen LogP contribution in [0.5, 0.6) is 0 Å². The molecular formula is C12H16BrN3O3. The summed E-state index contributed by atoms with van der Waals surface area (Å²) >= 11 is 3.20. The molecule has 1 aromatic rings. The first-order chi connectivity index (χ1) is 8.95. The quantitative estimate of drug-likeness (QED) is 0.617. The van der Waals surface area contributed by atoms with Crippen LogP contribution in [0.15, 0.2) is 22.7 Å². The van der Waals surface area contributed by atoms with Gasteiger partial charge < -0.3 is 10.6 Å². The zero-order valence-corrected chi connectivity index (χ0v) is 12.4. The van der Waals surface area contributed by atoms with Crippen molar-refractivity contribution in [3.63, 3.8) is 0 Å². The topological polar surface area (TPSA) is 84.3 Å². The molecule has 0 aliphatic heterocycles. The van der Waals surface area contributed by atoms with Crippen LogP contribution in [0.1, 0.15) is 19.4 Å². The number of nitrogens with one attached hydrogen (secondary N) is 2. The Balaban J connectivity index is 2.72. The van der Waals surface area contributed by atoms with Crippen LogP contribution >= 0.6 is 15.9 Å². The molecule has 0 fully saturated rings. The van der Waals surface area contributed by atoms with Gasteiger partial charge >= 0.3 is 0 Å². The number of likely N-dealkylation sites (N-methyl/N-ethyl adjacent to an activating group) is 1. The molecule has 6 nitrogen and oxygen atoms in total. The van der Waals surface area contributed by atoms with E-state index >= 15 is 0 Å². The van der Waals surface area contributed by atoms with Gasteiger partial charge in [0.25, 0.3) is 5.69 Å². The van der Waals surface area contributed by atoms with Crippen LogP contribution < -0.4 is 10.6 Å². The number of nitro groups is 1. The minimum Gasteiger partial charge on any atom is -0.355 e. The van der Waals surface area contributed by atoms with E-state index in [4.69, 9.17) is 0 Å². The molecule has 0 heterocycles. The number of halogens is 1. The van der Waals surface area contributed by atoms with E-state index in [0.29, 0.717) is 16.6 Å². The Hall–Kier alpha value is -1.47. The van der Waals surface area contributed by atoms with Gasteiger partial charge in [0.1, 0.15) is 0 Å². The fourth-order valence-corrected chi connectivity index (χ4v) is 1.89. The molecular weight excluding hydrogens is 314 g/mol. The highest BCUT2D eigenvalue weighted by atomic mass is 79.9. The van der Waals surface area contributed by atoms with E-state index in [-0.39, 0.29) is 18.1 Å². The van der Waals surface area contributed by atoms with Crippen molar-refractivity contribution in [3.05, 3.63) is 38.3 Å². The van der Waals surface area contributed by atoms with Gasteiger partial charge in [-0.05, 0) is 26.0 Å². The smallest absolute Gasteiger partial charge is 0.275 e. The summed E-state index contributed by atoms with van der Waals surface area (Å²) in [5.74, 6) is -0.123. The Kier molecular flexibility index (Phi) is 5.91. The third-order valence-corrected chi connectivity index (χ3v) is 3.08. The lowest BCUT2D eigenvalue weighted by molar-refractivity contribution is -0.385. The maximum Gasteiger partial charge on any atom is 0.275 e. The second-order valence-corrected chi connectivity index (χ2v) is 4.94. The Morgan fingerprint density at radius 2 is 2.21 bits per heavy atom. The number of hydrogen-bond donors (Lipinski definition) is 2. The van der Waals surface area contributed by atoms with Crippen molar-refractivity contribution < 1.29 is 9.72 Å². The van der Waals surface area contributed by atoms with Gasteiger partial charge in [0.15, 0.2) is 0 Å². The summed E-state index contributed by atoms with van der Waals surface area (Å²) in [4.78, 5) is 22.0. The SMILES string of the molecule is CCNC(=O)C(C)NCc1ccc(Br)cc1[N+](=O)[O-]. The average molecular weight is 330 g/mol. The van der Waals surface area contributed by atoms with Crippen LogP contribution in [0.25, 0.3) is 0 Å². The molecule has 0 bridgehead atoms. The van der Waals surface area contributed by atoms with E-state index < -0.39 is 11.0 Å². The first-order valence-electron chi connectivity index (χ1n) is 5.89. The van der Waals surface area contributed by atoms with Gasteiger partial charge in [-0.25, -0.2) is 0 Å². The maximum absolute atomic E-state index is 11.5. The second kappa shape index (κ2) is 7.20. The highest BCUT2D eigenvalue weighted by Gasteiger charge is 2.16. The number of carbonyl (C=O) groups excluding carboxylic acids is 1. The first-order valence-corrected chi connectivity index (χ1v) is 6.69. The van der Waals surface area contributed by atoms with Crippen LogP contribution in [0.4, 0.5) is 5.69 Å². The fraction of sp³-hybridized carbons (Fsp3) is 0.417. The molecule has 0 aromatic heterocycles. The Labute approximate surface area is 119 Å². The molecule has 0 aliphatic carbocycles. The van der Waals surface area contributed by atoms with Crippen molar-refractivity contribution in [1.82, 2.24) is 10.6 Å². The van der Waals surface area contributed by atoms with Gasteiger partial charge in [0, 0.05) is 29.2 Å². The highest BCUT2D eigenvalue weighted by Crippen LogP contribution is 2.23. The van der Waals surface area contributed by atoms with Crippen molar-refractivity contribution >= 4 is 27.5 Å². The first kappa shape index (κ1) is 15.6. The standard InChI is InChI=1S/C12H16BrN3O3/c1-3-14-12(17)8(2)15-7-9-4-5-10(13)6-11(9)16(18)19/h4-6,8,15H,3,7H2,1-2H3,(H,14,17). The Morgan fingerprint density at radius 1 is 1.53 bits per heavy atom. The zero-order chi connectivity index (χ0) is 14.4. The Bertz CT molecular complexity index is 479. The van der Waals surface area contributed by atoms with E-state index in [2.05, 4.69) is 26.6 Å². The molecule has 104 valence electrons. The molecule has 0 radical (unpaired) electrons. The molecule has 7 heteroatoms. The van der Waals surface area contributed by atoms with Gasteiger partial charge in [-0.15, -0.1) is 0 Å². The summed E-state index contributed by atoms with van der Waals surface area (Å²) in [7, 11) is 0. The summed E-state index contributed by atoms with van der Waals surface area (Å²) < 4.78 is 0.653. The van der Waals surface area contributed by atoms with E-state index in [9.17, 15) is 14.9 Å². The van der Waals surface area contributed by atoms with Gasteiger partial charge in [-0.2, -0.15) is 0 Å². The molecule has 0 saturated carbocycles. The molecule has 0 aliphatic rings. The van der Waals surface area contributed by atoms with Gasteiger partial charge in [-0.3, -0.25) is 14.9 Å². The van der Waals surface area contributed by atoms with Crippen molar-refractivity contribution in [1.29, 1.82) is 0 Å². The number of carbonyl (C=O) groups is 1. The lowest BCUT2D eigenvalue weighted by Crippen LogP contribution is -2.41. The molecule has 1 atom stereocenters. The molecule has 0 saturated heterocycles. The average Bonchev–Trinajstić information content (AvgIpc) is 2.36. The van der Waals surface area contributed by atoms with Crippen LogP contribution in [0, 0.1) is 10.1 Å². The van der Waals surface area contributed by atoms with Gasteiger partial charge in [0.2, 0.25) is 5.91 Å². The number of hydrogen-bond acceptors (Lipinski definition) is 4. The largest absolute Gasteiger partial charge is 0.355 e. The van der Waals surface area contributed by atoms with Crippen LogP contribution in [0.3, 0.4) is 0 Å². The minimum absolute atomic E-state index is 0.0324.